The minimum atomic E-state index is -1.22. The Bertz CT molecular complexity index is 1070. The van der Waals surface area contributed by atoms with Crippen LogP contribution in [0, 0.1) is 6.92 Å². The quantitative estimate of drug-likeness (QED) is 0.596. The van der Waals surface area contributed by atoms with Crippen molar-refractivity contribution in [2.75, 3.05) is 0 Å². The Hall–Kier alpha value is -3.61. The molecule has 2 aromatic carbocycles. The van der Waals surface area contributed by atoms with Crippen molar-refractivity contribution in [1.82, 2.24) is 5.32 Å². The van der Waals surface area contributed by atoms with Crippen LogP contribution in [0.15, 0.2) is 57.7 Å². The molecule has 1 heterocycles. The highest BCUT2D eigenvalue weighted by Crippen LogP contribution is 2.23. The molecule has 3 N–H and O–H groups in total. The van der Waals surface area contributed by atoms with E-state index in [9.17, 15) is 24.6 Å². The summed E-state index contributed by atoms with van der Waals surface area (Å²) in [5.41, 5.74) is 0.628. The molecule has 0 saturated carbocycles. The second-order valence-electron chi connectivity index (χ2n) is 6.10. The first-order valence-corrected chi connectivity index (χ1v) is 8.19. The van der Waals surface area contributed by atoms with E-state index in [-0.39, 0.29) is 23.3 Å². The maximum absolute atomic E-state index is 12.4. The van der Waals surface area contributed by atoms with Crippen LogP contribution in [0.25, 0.3) is 11.0 Å². The minimum absolute atomic E-state index is 0.0392. The molecule has 1 aromatic heterocycles. The molecule has 27 heavy (non-hydrogen) atoms. The lowest BCUT2D eigenvalue weighted by molar-refractivity contribution is -0.142. The van der Waals surface area contributed by atoms with Crippen LogP contribution in [0.1, 0.15) is 22.7 Å². The molecule has 1 amide bonds. The Balaban J connectivity index is 1.88. The lowest BCUT2D eigenvalue weighted by atomic mass is 10.0. The van der Waals surface area contributed by atoms with Gasteiger partial charge in [0.2, 0.25) is 5.91 Å². The van der Waals surface area contributed by atoms with Gasteiger partial charge in [0.15, 0.2) is 6.04 Å². The molecule has 0 radical (unpaired) electrons. The van der Waals surface area contributed by atoms with Crippen molar-refractivity contribution < 1.29 is 24.2 Å². The molecule has 0 fully saturated rings. The molecule has 3 rings (SSSR count). The van der Waals surface area contributed by atoms with Crippen LogP contribution >= 0.6 is 0 Å². The van der Waals surface area contributed by atoms with Gasteiger partial charge < -0.3 is 19.9 Å². The highest BCUT2D eigenvalue weighted by atomic mass is 16.4. The number of aryl methyl sites for hydroxylation is 1. The van der Waals surface area contributed by atoms with Gasteiger partial charge in [0, 0.05) is 11.5 Å². The molecule has 0 unspecified atom stereocenters. The smallest absolute Gasteiger partial charge is 0.340 e. The molecule has 7 nitrogen and oxygen atoms in total. The van der Waals surface area contributed by atoms with Crippen molar-refractivity contribution in [2.45, 2.75) is 19.4 Å². The van der Waals surface area contributed by atoms with Crippen molar-refractivity contribution in [3.8, 4) is 5.75 Å². The van der Waals surface area contributed by atoms with Crippen LogP contribution < -0.4 is 10.9 Å². The van der Waals surface area contributed by atoms with Crippen LogP contribution in [0.5, 0.6) is 5.75 Å². The number of fused-ring (bicyclic) bond motifs is 1. The maximum Gasteiger partial charge on any atom is 0.340 e. The van der Waals surface area contributed by atoms with E-state index in [1.807, 2.05) is 0 Å². The fourth-order valence-electron chi connectivity index (χ4n) is 2.89. The minimum Gasteiger partial charge on any atom is -0.508 e. The Morgan fingerprint density at radius 2 is 1.85 bits per heavy atom. The lowest BCUT2D eigenvalue weighted by Crippen LogP contribution is -2.35. The number of aliphatic carboxylic acids is 1. The first kappa shape index (κ1) is 18.2. The molecule has 138 valence electrons. The van der Waals surface area contributed by atoms with E-state index in [1.54, 1.807) is 43.3 Å². The largest absolute Gasteiger partial charge is 0.508 e. The number of carbonyl (C=O) groups is 2. The molecule has 7 heteroatoms. The van der Waals surface area contributed by atoms with Crippen molar-refractivity contribution in [3.05, 3.63) is 75.6 Å². The number of carbonyl (C=O) groups excluding carboxylic acids is 1. The Labute approximate surface area is 153 Å². The summed E-state index contributed by atoms with van der Waals surface area (Å²) < 4.78 is 5.18. The maximum atomic E-state index is 12.4. The van der Waals surface area contributed by atoms with Crippen molar-refractivity contribution in [2.24, 2.45) is 0 Å². The molecule has 3 aromatic rings. The third-order valence-electron chi connectivity index (χ3n) is 4.29. The van der Waals surface area contributed by atoms with Gasteiger partial charge in [-0.3, -0.25) is 4.79 Å². The number of aromatic hydroxyl groups is 1. The molecular weight excluding hydrogens is 350 g/mol. The standard InChI is InChI=1S/C20H17NO6/c1-11-14-8-7-13(22)9-16(14)27-20(26)15(11)10-17(23)21-18(19(24)25)12-5-3-2-4-6-12/h2-9,18,22H,10H2,1H3,(H,21,23)(H,24,25)/t18-/m1/s1. The molecular formula is C20H17NO6. The van der Waals surface area contributed by atoms with E-state index in [2.05, 4.69) is 5.32 Å². The van der Waals surface area contributed by atoms with E-state index in [0.717, 1.165) is 0 Å². The van der Waals surface area contributed by atoms with E-state index in [1.165, 1.54) is 12.1 Å². The number of benzene rings is 2. The van der Waals surface area contributed by atoms with E-state index < -0.39 is 23.5 Å². The SMILES string of the molecule is Cc1c(CC(=O)N[C@@H](C(=O)O)c2ccccc2)c(=O)oc2cc(O)ccc12. The Kier molecular flexibility index (Phi) is 4.94. The third-order valence-corrected chi connectivity index (χ3v) is 4.29. The topological polar surface area (TPSA) is 117 Å². The predicted molar refractivity (Wildman–Crippen MR) is 97.6 cm³/mol. The van der Waals surface area contributed by atoms with Gasteiger partial charge in [0.1, 0.15) is 11.3 Å². The van der Waals surface area contributed by atoms with Gasteiger partial charge in [0.25, 0.3) is 0 Å². The molecule has 0 bridgehead atoms. The van der Waals surface area contributed by atoms with Gasteiger partial charge in [-0.05, 0) is 30.2 Å². The monoisotopic (exact) mass is 367 g/mol. The molecule has 0 aliphatic rings. The van der Waals surface area contributed by atoms with Crippen molar-refractivity contribution in [3.63, 3.8) is 0 Å². The average Bonchev–Trinajstić information content (AvgIpc) is 2.63. The molecule has 0 aliphatic heterocycles. The summed E-state index contributed by atoms with van der Waals surface area (Å²) in [4.78, 5) is 36.2. The van der Waals surface area contributed by atoms with Crippen molar-refractivity contribution in [1.29, 1.82) is 0 Å². The zero-order valence-electron chi connectivity index (χ0n) is 14.4. The number of rotatable bonds is 5. The zero-order chi connectivity index (χ0) is 19.6. The second kappa shape index (κ2) is 7.33. The second-order valence-corrected chi connectivity index (χ2v) is 6.10. The van der Waals surface area contributed by atoms with Gasteiger partial charge in [0.05, 0.1) is 12.0 Å². The van der Waals surface area contributed by atoms with Gasteiger partial charge in [-0.1, -0.05) is 30.3 Å². The first-order chi connectivity index (χ1) is 12.9. The number of nitrogens with one attached hydrogen (secondary N) is 1. The fourth-order valence-corrected chi connectivity index (χ4v) is 2.89. The Morgan fingerprint density at radius 3 is 2.52 bits per heavy atom. The zero-order valence-corrected chi connectivity index (χ0v) is 14.4. The molecule has 0 saturated heterocycles. The van der Waals surface area contributed by atoms with Gasteiger partial charge in [-0.25, -0.2) is 9.59 Å². The van der Waals surface area contributed by atoms with Crippen LogP contribution in [0.2, 0.25) is 0 Å². The van der Waals surface area contributed by atoms with E-state index in [0.29, 0.717) is 16.5 Å². The van der Waals surface area contributed by atoms with Gasteiger partial charge in [-0.15, -0.1) is 0 Å². The van der Waals surface area contributed by atoms with Crippen LogP contribution in [-0.4, -0.2) is 22.1 Å². The third kappa shape index (κ3) is 3.82. The number of amides is 1. The predicted octanol–water partition coefficient (Wildman–Crippen LogP) is 2.29. The summed E-state index contributed by atoms with van der Waals surface area (Å²) in [5.74, 6) is -1.85. The number of hydrogen-bond acceptors (Lipinski definition) is 5. The summed E-state index contributed by atoms with van der Waals surface area (Å²) in [6.07, 6.45) is -0.318. The summed E-state index contributed by atoms with van der Waals surface area (Å²) in [6.45, 7) is 1.67. The molecule has 1 atom stereocenters. The molecule has 0 spiro atoms. The number of hydrogen-bond donors (Lipinski definition) is 3. The Morgan fingerprint density at radius 1 is 1.15 bits per heavy atom. The van der Waals surface area contributed by atoms with Crippen molar-refractivity contribution >= 4 is 22.8 Å². The van der Waals surface area contributed by atoms with Crippen LogP contribution in [0.3, 0.4) is 0 Å². The average molecular weight is 367 g/mol. The van der Waals surface area contributed by atoms with Crippen LogP contribution in [-0.2, 0) is 16.0 Å². The lowest BCUT2D eigenvalue weighted by Gasteiger charge is -2.15. The number of phenols is 1. The summed E-state index contributed by atoms with van der Waals surface area (Å²) >= 11 is 0. The van der Waals surface area contributed by atoms with E-state index in [4.69, 9.17) is 4.42 Å². The number of carboxylic acids is 1. The number of carboxylic acid groups (broad SMARTS) is 1. The summed E-state index contributed by atoms with van der Waals surface area (Å²) in [6, 6.07) is 11.4. The highest BCUT2D eigenvalue weighted by Gasteiger charge is 2.23. The number of phenolic OH excluding ortho intramolecular Hbond substituents is 1. The highest BCUT2D eigenvalue weighted by molar-refractivity contribution is 5.88. The summed E-state index contributed by atoms with van der Waals surface area (Å²) in [5, 5.41) is 21.9. The summed E-state index contributed by atoms with van der Waals surface area (Å²) in [7, 11) is 0. The first-order valence-electron chi connectivity index (χ1n) is 8.19. The van der Waals surface area contributed by atoms with E-state index >= 15 is 0 Å². The van der Waals surface area contributed by atoms with Gasteiger partial charge in [-0.2, -0.15) is 0 Å². The van der Waals surface area contributed by atoms with Gasteiger partial charge >= 0.3 is 11.6 Å². The fraction of sp³-hybridized carbons (Fsp3) is 0.150. The van der Waals surface area contributed by atoms with Crippen LogP contribution in [0.4, 0.5) is 0 Å². The normalized spacial score (nSPS) is 11.9. The molecule has 0 aliphatic carbocycles.